The molecule has 6 heteroatoms. The first kappa shape index (κ1) is 13.6. The number of anilines is 1. The molecule has 1 fully saturated rings. The molecule has 108 valence electrons. The highest BCUT2D eigenvalue weighted by molar-refractivity contribution is 5.41. The van der Waals surface area contributed by atoms with E-state index in [1.165, 1.54) is 0 Å². The molecule has 3 rings (SSSR count). The summed E-state index contributed by atoms with van der Waals surface area (Å²) in [6.07, 6.45) is 4.34. The number of ether oxygens (including phenoxy) is 1. The first-order valence-electron chi connectivity index (χ1n) is 6.92. The number of pyridine rings is 1. The molecule has 0 radical (unpaired) electrons. The summed E-state index contributed by atoms with van der Waals surface area (Å²) in [6, 6.07) is 5.81. The van der Waals surface area contributed by atoms with Gasteiger partial charge in [-0.2, -0.15) is 10.4 Å². The van der Waals surface area contributed by atoms with Gasteiger partial charge in [-0.1, -0.05) is 0 Å². The molecule has 2 aromatic heterocycles. The molecule has 3 heterocycles. The Morgan fingerprint density at radius 3 is 2.90 bits per heavy atom. The predicted octanol–water partition coefficient (Wildman–Crippen LogP) is 1.94. The van der Waals surface area contributed by atoms with E-state index in [0.29, 0.717) is 12.2 Å². The minimum Gasteiger partial charge on any atom is -0.371 e. The molecule has 2 aromatic rings. The zero-order chi connectivity index (χ0) is 14.8. The summed E-state index contributed by atoms with van der Waals surface area (Å²) in [4.78, 5) is 4.26. The maximum Gasteiger partial charge on any atom is 0.126 e. The summed E-state index contributed by atoms with van der Waals surface area (Å²) in [5.41, 5.74) is 2.78. The molecule has 0 spiro atoms. The van der Waals surface area contributed by atoms with Gasteiger partial charge in [0.2, 0.25) is 0 Å². The molecule has 0 aliphatic carbocycles. The van der Waals surface area contributed by atoms with Crippen molar-refractivity contribution >= 4 is 5.82 Å². The highest BCUT2D eigenvalue weighted by Crippen LogP contribution is 2.32. The fourth-order valence-electron chi connectivity index (χ4n) is 2.57. The third-order valence-electron chi connectivity index (χ3n) is 3.90. The molecule has 21 heavy (non-hydrogen) atoms. The number of hydrogen-bond acceptors (Lipinski definition) is 5. The SMILES string of the molecule is Cc1c([C@H]2OCC[C@@H]2Nc2ccc(C#N)cn2)cnn1C. The number of hydrogen-bond donors (Lipinski definition) is 1. The van der Waals surface area contributed by atoms with Crippen LogP contribution in [-0.4, -0.2) is 27.4 Å². The van der Waals surface area contributed by atoms with Crippen molar-refractivity contribution in [2.24, 2.45) is 7.05 Å². The van der Waals surface area contributed by atoms with Crippen LogP contribution in [0.25, 0.3) is 0 Å². The topological polar surface area (TPSA) is 75.8 Å². The van der Waals surface area contributed by atoms with Gasteiger partial charge in [0.05, 0.1) is 17.8 Å². The van der Waals surface area contributed by atoms with Crippen LogP contribution in [0.5, 0.6) is 0 Å². The molecule has 0 unspecified atom stereocenters. The smallest absolute Gasteiger partial charge is 0.126 e. The average Bonchev–Trinajstić information content (AvgIpc) is 3.08. The van der Waals surface area contributed by atoms with E-state index in [-0.39, 0.29) is 12.1 Å². The number of aryl methyl sites for hydroxylation is 1. The van der Waals surface area contributed by atoms with Crippen LogP contribution in [0.2, 0.25) is 0 Å². The van der Waals surface area contributed by atoms with Crippen LogP contribution in [0.1, 0.15) is 29.3 Å². The van der Waals surface area contributed by atoms with Gasteiger partial charge in [-0.15, -0.1) is 0 Å². The van der Waals surface area contributed by atoms with Crippen molar-refractivity contribution in [1.82, 2.24) is 14.8 Å². The zero-order valence-corrected chi connectivity index (χ0v) is 12.1. The van der Waals surface area contributed by atoms with Crippen LogP contribution in [0.3, 0.4) is 0 Å². The molecule has 1 saturated heterocycles. The van der Waals surface area contributed by atoms with E-state index in [1.807, 2.05) is 30.9 Å². The lowest BCUT2D eigenvalue weighted by Crippen LogP contribution is -2.24. The number of nitrogens with zero attached hydrogens (tertiary/aromatic N) is 4. The number of rotatable bonds is 3. The molecule has 0 aromatic carbocycles. The van der Waals surface area contributed by atoms with Crippen molar-refractivity contribution < 1.29 is 4.74 Å². The minimum atomic E-state index is -0.0175. The lowest BCUT2D eigenvalue weighted by Gasteiger charge is -2.20. The molecular formula is C15H17N5O. The highest BCUT2D eigenvalue weighted by Gasteiger charge is 2.32. The predicted molar refractivity (Wildman–Crippen MR) is 77.6 cm³/mol. The normalized spacial score (nSPS) is 21.2. The van der Waals surface area contributed by atoms with Gasteiger partial charge in [-0.3, -0.25) is 4.68 Å². The molecule has 2 atom stereocenters. The van der Waals surface area contributed by atoms with Gasteiger partial charge in [0.1, 0.15) is 18.0 Å². The lowest BCUT2D eigenvalue weighted by molar-refractivity contribution is 0.107. The van der Waals surface area contributed by atoms with E-state index in [2.05, 4.69) is 21.5 Å². The maximum absolute atomic E-state index is 8.80. The Morgan fingerprint density at radius 1 is 1.43 bits per heavy atom. The molecule has 1 aliphatic rings. The van der Waals surface area contributed by atoms with Gasteiger partial charge in [-0.05, 0) is 25.5 Å². The molecule has 0 amide bonds. The van der Waals surface area contributed by atoms with Gasteiger partial charge in [-0.25, -0.2) is 4.98 Å². The minimum absolute atomic E-state index is 0.0175. The molecule has 1 N–H and O–H groups in total. The van der Waals surface area contributed by atoms with Crippen molar-refractivity contribution in [3.05, 3.63) is 41.3 Å². The standard InChI is InChI=1S/C15H17N5O/c1-10-12(9-18-20(10)2)15-13(5-6-21-15)19-14-4-3-11(7-16)8-17-14/h3-4,8-9,13,15H,5-6H2,1-2H3,(H,17,19)/t13-,15+/m0/s1. The highest BCUT2D eigenvalue weighted by atomic mass is 16.5. The summed E-state index contributed by atoms with van der Waals surface area (Å²) < 4.78 is 7.72. The number of aromatic nitrogens is 3. The van der Waals surface area contributed by atoms with Crippen LogP contribution < -0.4 is 5.32 Å². The summed E-state index contributed by atoms with van der Waals surface area (Å²) in [5, 5.41) is 16.5. The number of nitrogens with one attached hydrogen (secondary N) is 1. The monoisotopic (exact) mass is 283 g/mol. The third kappa shape index (κ3) is 2.60. The molecule has 1 aliphatic heterocycles. The summed E-state index contributed by atoms with van der Waals surface area (Å²) in [7, 11) is 1.93. The van der Waals surface area contributed by atoms with Gasteiger partial charge in [0.15, 0.2) is 0 Å². The second-order valence-electron chi connectivity index (χ2n) is 5.18. The van der Waals surface area contributed by atoms with E-state index >= 15 is 0 Å². The Morgan fingerprint density at radius 2 is 2.29 bits per heavy atom. The maximum atomic E-state index is 8.80. The van der Waals surface area contributed by atoms with Gasteiger partial charge in [0, 0.05) is 31.1 Å². The average molecular weight is 283 g/mol. The van der Waals surface area contributed by atoms with Gasteiger partial charge in [0.25, 0.3) is 0 Å². The Hall–Kier alpha value is -2.39. The molecule has 0 saturated carbocycles. The summed E-state index contributed by atoms with van der Waals surface area (Å²) in [5.74, 6) is 0.760. The lowest BCUT2D eigenvalue weighted by atomic mass is 10.0. The first-order valence-corrected chi connectivity index (χ1v) is 6.92. The van der Waals surface area contributed by atoms with Gasteiger partial charge >= 0.3 is 0 Å². The van der Waals surface area contributed by atoms with E-state index in [4.69, 9.17) is 10.00 Å². The Bertz CT molecular complexity index is 670. The molecule has 0 bridgehead atoms. The van der Waals surface area contributed by atoms with Crippen molar-refractivity contribution in [1.29, 1.82) is 5.26 Å². The Labute approximate surface area is 123 Å². The Balaban J connectivity index is 1.78. The van der Waals surface area contributed by atoms with Crippen molar-refractivity contribution in [3.8, 4) is 6.07 Å². The fourth-order valence-corrected chi connectivity index (χ4v) is 2.57. The first-order chi connectivity index (χ1) is 10.2. The van der Waals surface area contributed by atoms with Crippen molar-refractivity contribution in [2.75, 3.05) is 11.9 Å². The molecule has 6 nitrogen and oxygen atoms in total. The van der Waals surface area contributed by atoms with E-state index in [0.717, 1.165) is 23.5 Å². The van der Waals surface area contributed by atoms with Crippen molar-refractivity contribution in [3.63, 3.8) is 0 Å². The second kappa shape index (κ2) is 5.54. The van der Waals surface area contributed by atoms with Crippen LogP contribution in [0, 0.1) is 18.3 Å². The van der Waals surface area contributed by atoms with E-state index < -0.39 is 0 Å². The van der Waals surface area contributed by atoms with Crippen LogP contribution >= 0.6 is 0 Å². The second-order valence-corrected chi connectivity index (χ2v) is 5.18. The Kier molecular flexibility index (Phi) is 3.59. The quantitative estimate of drug-likeness (QED) is 0.931. The molecular weight excluding hydrogens is 266 g/mol. The fraction of sp³-hybridized carbons (Fsp3) is 0.400. The van der Waals surface area contributed by atoms with Gasteiger partial charge < -0.3 is 10.1 Å². The van der Waals surface area contributed by atoms with Crippen LogP contribution in [0.4, 0.5) is 5.82 Å². The van der Waals surface area contributed by atoms with Crippen LogP contribution in [-0.2, 0) is 11.8 Å². The summed E-state index contributed by atoms with van der Waals surface area (Å²) >= 11 is 0. The van der Waals surface area contributed by atoms with Crippen LogP contribution in [0.15, 0.2) is 24.5 Å². The third-order valence-corrected chi connectivity index (χ3v) is 3.90. The van der Waals surface area contributed by atoms with E-state index in [1.54, 1.807) is 12.3 Å². The zero-order valence-electron chi connectivity index (χ0n) is 12.1. The van der Waals surface area contributed by atoms with E-state index in [9.17, 15) is 0 Å². The largest absolute Gasteiger partial charge is 0.371 e. The number of nitriles is 1. The summed E-state index contributed by atoms with van der Waals surface area (Å²) in [6.45, 7) is 2.76. The van der Waals surface area contributed by atoms with Crippen molar-refractivity contribution in [2.45, 2.75) is 25.5 Å².